The highest BCUT2D eigenvalue weighted by molar-refractivity contribution is 5.36. The highest BCUT2D eigenvalue weighted by atomic mass is 15.2. The van der Waals surface area contributed by atoms with Crippen LogP contribution in [0.3, 0.4) is 0 Å². The average molecular weight is 222 g/mol. The molecule has 90 valence electrons. The standard InChI is InChI=1S/C12H22N4/c1-5-6-10-7-8-11(16-15-10)14-12(2,3)9-13-4/h7-8,13H,5-6,9H2,1-4H3,(H,14,16). The monoisotopic (exact) mass is 222 g/mol. The molecule has 0 spiro atoms. The lowest BCUT2D eigenvalue weighted by Gasteiger charge is -2.26. The molecule has 16 heavy (non-hydrogen) atoms. The van der Waals surface area contributed by atoms with Crippen molar-refractivity contribution in [1.82, 2.24) is 15.5 Å². The van der Waals surface area contributed by atoms with E-state index >= 15 is 0 Å². The molecule has 0 aliphatic carbocycles. The summed E-state index contributed by atoms with van der Waals surface area (Å²) < 4.78 is 0. The Bertz CT molecular complexity index is 305. The Morgan fingerprint density at radius 1 is 1.25 bits per heavy atom. The Morgan fingerprint density at radius 2 is 2.00 bits per heavy atom. The Kier molecular flexibility index (Phi) is 4.68. The summed E-state index contributed by atoms with van der Waals surface area (Å²) in [4.78, 5) is 0. The maximum absolute atomic E-state index is 4.18. The van der Waals surface area contributed by atoms with Gasteiger partial charge in [0.15, 0.2) is 0 Å². The zero-order chi connectivity index (χ0) is 12.0. The highest BCUT2D eigenvalue weighted by Gasteiger charge is 2.16. The number of nitrogens with one attached hydrogen (secondary N) is 2. The summed E-state index contributed by atoms with van der Waals surface area (Å²) in [6, 6.07) is 4.03. The van der Waals surface area contributed by atoms with Gasteiger partial charge in [0, 0.05) is 12.1 Å². The van der Waals surface area contributed by atoms with E-state index in [2.05, 4.69) is 41.6 Å². The fourth-order valence-electron chi connectivity index (χ4n) is 1.65. The van der Waals surface area contributed by atoms with Crippen LogP contribution in [0.1, 0.15) is 32.9 Å². The van der Waals surface area contributed by atoms with Crippen molar-refractivity contribution < 1.29 is 0 Å². The van der Waals surface area contributed by atoms with Crippen LogP contribution in [0.25, 0.3) is 0 Å². The minimum absolute atomic E-state index is 0.0182. The predicted octanol–water partition coefficient (Wildman–Crippen LogP) is 1.84. The van der Waals surface area contributed by atoms with Crippen molar-refractivity contribution >= 4 is 5.82 Å². The zero-order valence-electron chi connectivity index (χ0n) is 10.7. The molecule has 0 aliphatic rings. The predicted molar refractivity (Wildman–Crippen MR) is 67.7 cm³/mol. The van der Waals surface area contributed by atoms with Gasteiger partial charge in [0.2, 0.25) is 0 Å². The Balaban J connectivity index is 2.61. The minimum atomic E-state index is -0.0182. The molecule has 0 aromatic carbocycles. The van der Waals surface area contributed by atoms with E-state index in [9.17, 15) is 0 Å². The normalized spacial score (nSPS) is 11.5. The van der Waals surface area contributed by atoms with Gasteiger partial charge >= 0.3 is 0 Å². The molecule has 0 saturated carbocycles. The third kappa shape index (κ3) is 4.14. The molecule has 0 radical (unpaired) electrons. The summed E-state index contributed by atoms with van der Waals surface area (Å²) in [6.45, 7) is 7.28. The van der Waals surface area contributed by atoms with Crippen molar-refractivity contribution in [3.63, 3.8) is 0 Å². The van der Waals surface area contributed by atoms with Crippen molar-refractivity contribution in [3.05, 3.63) is 17.8 Å². The molecule has 0 amide bonds. The molecule has 1 rings (SSSR count). The molecule has 0 atom stereocenters. The smallest absolute Gasteiger partial charge is 0.149 e. The second-order valence-electron chi connectivity index (χ2n) is 4.70. The van der Waals surface area contributed by atoms with Gasteiger partial charge in [-0.05, 0) is 39.4 Å². The maximum atomic E-state index is 4.18. The van der Waals surface area contributed by atoms with Crippen LogP contribution >= 0.6 is 0 Å². The van der Waals surface area contributed by atoms with Gasteiger partial charge in [-0.3, -0.25) is 0 Å². The number of aromatic nitrogens is 2. The number of anilines is 1. The molecule has 1 aromatic heterocycles. The van der Waals surface area contributed by atoms with Crippen LogP contribution in [0, 0.1) is 0 Å². The molecule has 0 bridgehead atoms. The minimum Gasteiger partial charge on any atom is -0.362 e. The van der Waals surface area contributed by atoms with Crippen molar-refractivity contribution in [2.75, 3.05) is 18.9 Å². The van der Waals surface area contributed by atoms with Gasteiger partial charge in [0.1, 0.15) is 5.82 Å². The molecule has 4 nitrogen and oxygen atoms in total. The van der Waals surface area contributed by atoms with Crippen molar-refractivity contribution in [3.8, 4) is 0 Å². The van der Waals surface area contributed by atoms with Crippen molar-refractivity contribution in [2.24, 2.45) is 0 Å². The van der Waals surface area contributed by atoms with Crippen LogP contribution in [0.15, 0.2) is 12.1 Å². The lowest BCUT2D eigenvalue weighted by Crippen LogP contribution is -2.41. The summed E-state index contributed by atoms with van der Waals surface area (Å²) in [7, 11) is 1.94. The van der Waals surface area contributed by atoms with Crippen LogP contribution in [-0.2, 0) is 6.42 Å². The first-order valence-electron chi connectivity index (χ1n) is 5.83. The summed E-state index contributed by atoms with van der Waals surface area (Å²) in [5.41, 5.74) is 1.04. The second kappa shape index (κ2) is 5.80. The van der Waals surface area contributed by atoms with Crippen LogP contribution in [-0.4, -0.2) is 29.3 Å². The molecule has 1 heterocycles. The largest absolute Gasteiger partial charge is 0.362 e. The van der Waals surface area contributed by atoms with E-state index in [4.69, 9.17) is 0 Å². The molecule has 0 saturated heterocycles. The lowest BCUT2D eigenvalue weighted by molar-refractivity contribution is 0.527. The summed E-state index contributed by atoms with van der Waals surface area (Å²) in [5, 5.41) is 14.9. The number of hydrogen-bond donors (Lipinski definition) is 2. The molecule has 0 fully saturated rings. The van der Waals surface area contributed by atoms with Crippen LogP contribution < -0.4 is 10.6 Å². The zero-order valence-corrected chi connectivity index (χ0v) is 10.7. The van der Waals surface area contributed by atoms with Crippen molar-refractivity contribution in [2.45, 2.75) is 39.2 Å². The number of rotatable bonds is 6. The quantitative estimate of drug-likeness (QED) is 0.771. The first kappa shape index (κ1) is 12.9. The van der Waals surface area contributed by atoms with Crippen molar-refractivity contribution in [1.29, 1.82) is 0 Å². The Hall–Kier alpha value is -1.16. The Morgan fingerprint density at radius 3 is 2.50 bits per heavy atom. The fourth-order valence-corrected chi connectivity index (χ4v) is 1.65. The van der Waals surface area contributed by atoms with E-state index < -0.39 is 0 Å². The van der Waals surface area contributed by atoms with E-state index in [1.165, 1.54) is 0 Å². The third-order valence-electron chi connectivity index (χ3n) is 2.31. The first-order valence-corrected chi connectivity index (χ1v) is 5.83. The number of aryl methyl sites for hydroxylation is 1. The van der Waals surface area contributed by atoms with E-state index in [0.717, 1.165) is 30.9 Å². The second-order valence-corrected chi connectivity index (χ2v) is 4.70. The van der Waals surface area contributed by atoms with Gasteiger partial charge < -0.3 is 10.6 Å². The third-order valence-corrected chi connectivity index (χ3v) is 2.31. The number of nitrogens with zero attached hydrogens (tertiary/aromatic N) is 2. The molecular formula is C12H22N4. The van der Waals surface area contributed by atoms with E-state index in [-0.39, 0.29) is 5.54 Å². The Labute approximate surface area is 97.9 Å². The van der Waals surface area contributed by atoms with Gasteiger partial charge in [0.05, 0.1) is 5.69 Å². The molecule has 0 aliphatic heterocycles. The summed E-state index contributed by atoms with van der Waals surface area (Å²) in [6.07, 6.45) is 2.10. The van der Waals surface area contributed by atoms with Crippen LogP contribution in [0.4, 0.5) is 5.82 Å². The van der Waals surface area contributed by atoms with E-state index in [1.807, 2.05) is 19.2 Å². The number of likely N-dealkylation sites (N-methyl/N-ethyl adjacent to an activating group) is 1. The van der Waals surface area contributed by atoms with Gasteiger partial charge in [-0.2, -0.15) is 5.10 Å². The van der Waals surface area contributed by atoms with Gasteiger partial charge in [-0.15, -0.1) is 5.10 Å². The van der Waals surface area contributed by atoms with Gasteiger partial charge in [-0.25, -0.2) is 0 Å². The summed E-state index contributed by atoms with van der Waals surface area (Å²) >= 11 is 0. The lowest BCUT2D eigenvalue weighted by atomic mass is 10.1. The van der Waals surface area contributed by atoms with Crippen LogP contribution in [0.2, 0.25) is 0 Å². The molecule has 2 N–H and O–H groups in total. The topological polar surface area (TPSA) is 49.8 Å². The fraction of sp³-hybridized carbons (Fsp3) is 0.667. The van der Waals surface area contributed by atoms with E-state index in [1.54, 1.807) is 0 Å². The first-order chi connectivity index (χ1) is 7.57. The highest BCUT2D eigenvalue weighted by Crippen LogP contribution is 2.11. The maximum Gasteiger partial charge on any atom is 0.149 e. The number of hydrogen-bond acceptors (Lipinski definition) is 4. The summed E-state index contributed by atoms with van der Waals surface area (Å²) in [5.74, 6) is 0.833. The van der Waals surface area contributed by atoms with Gasteiger partial charge in [0.25, 0.3) is 0 Å². The van der Waals surface area contributed by atoms with E-state index in [0.29, 0.717) is 0 Å². The molecule has 0 unspecified atom stereocenters. The molecule has 1 aromatic rings. The molecule has 4 heteroatoms. The SMILES string of the molecule is CCCc1ccc(NC(C)(C)CNC)nn1. The molecular weight excluding hydrogens is 200 g/mol. The average Bonchev–Trinajstić information content (AvgIpc) is 2.21. The van der Waals surface area contributed by atoms with Gasteiger partial charge in [-0.1, -0.05) is 13.3 Å². The van der Waals surface area contributed by atoms with Crippen LogP contribution in [0.5, 0.6) is 0 Å².